The largest absolute Gasteiger partial charge is 0.449 e. The number of amides is 3. The molecule has 0 aliphatic heterocycles. The fraction of sp³-hybridized carbons (Fsp3) is 0.250. The minimum absolute atomic E-state index is 0.0288. The molecule has 1 atom stereocenters. The second kappa shape index (κ2) is 9.33. The number of esters is 1. The van der Waals surface area contributed by atoms with Crippen LogP contribution in [0, 0.1) is 6.92 Å². The lowest BCUT2D eigenvalue weighted by molar-refractivity contribution is -0.127. The number of nitrogens with one attached hydrogen (secondary N) is 2. The quantitative estimate of drug-likeness (QED) is 0.693. The van der Waals surface area contributed by atoms with Crippen LogP contribution in [0.2, 0.25) is 0 Å². The summed E-state index contributed by atoms with van der Waals surface area (Å²) in [5, 5.41) is 4.62. The van der Waals surface area contributed by atoms with Crippen LogP contribution in [0.4, 0.5) is 4.79 Å². The molecule has 0 radical (unpaired) electrons. The van der Waals surface area contributed by atoms with Crippen molar-refractivity contribution >= 4 is 27.7 Å². The van der Waals surface area contributed by atoms with Crippen LogP contribution in [-0.2, 0) is 25.9 Å². The van der Waals surface area contributed by atoms with Crippen molar-refractivity contribution in [1.29, 1.82) is 0 Å². The Balaban J connectivity index is 1.95. The summed E-state index contributed by atoms with van der Waals surface area (Å²) in [6.07, 6.45) is -0.233. The maximum atomic E-state index is 12.4. The van der Waals surface area contributed by atoms with Gasteiger partial charge in [-0.05, 0) is 37.1 Å². The summed E-state index contributed by atoms with van der Waals surface area (Å²) in [5.74, 6) is -1.67. The van der Waals surface area contributed by atoms with Crippen molar-refractivity contribution in [3.8, 4) is 0 Å². The van der Waals surface area contributed by atoms with E-state index in [-0.39, 0.29) is 17.0 Å². The van der Waals surface area contributed by atoms with E-state index in [1.165, 1.54) is 25.1 Å². The van der Waals surface area contributed by atoms with Crippen LogP contribution < -0.4 is 10.6 Å². The third-order valence-corrected chi connectivity index (χ3v) is 5.15. The first kappa shape index (κ1) is 22.1. The fourth-order valence-corrected chi connectivity index (χ4v) is 3.01. The summed E-state index contributed by atoms with van der Waals surface area (Å²) >= 11 is 0. The highest BCUT2D eigenvalue weighted by Crippen LogP contribution is 2.17. The molecule has 0 unspecified atom stereocenters. The second-order valence-electron chi connectivity index (χ2n) is 6.45. The Morgan fingerprint density at radius 2 is 1.72 bits per heavy atom. The van der Waals surface area contributed by atoms with Crippen molar-refractivity contribution in [2.45, 2.75) is 31.4 Å². The number of benzene rings is 2. The van der Waals surface area contributed by atoms with E-state index in [9.17, 15) is 22.8 Å². The average molecular weight is 418 g/mol. The van der Waals surface area contributed by atoms with Crippen LogP contribution in [0.25, 0.3) is 0 Å². The van der Waals surface area contributed by atoms with Crippen LogP contribution in [0.3, 0.4) is 0 Å². The predicted molar refractivity (Wildman–Crippen MR) is 106 cm³/mol. The number of aryl methyl sites for hydroxylation is 1. The molecule has 29 heavy (non-hydrogen) atoms. The van der Waals surface area contributed by atoms with Crippen molar-refractivity contribution in [3.63, 3.8) is 0 Å². The number of carbonyl (C=O) groups is 3. The molecule has 0 aliphatic carbocycles. The SMILES string of the molecule is Cc1ccc(S(C)(=O)=O)cc1C(=O)O[C@H](C)C(=O)NC(=O)NCc1ccccc1. The lowest BCUT2D eigenvalue weighted by atomic mass is 10.1. The predicted octanol–water partition coefficient (Wildman–Crippen LogP) is 1.97. The van der Waals surface area contributed by atoms with Gasteiger partial charge >= 0.3 is 12.0 Å². The van der Waals surface area contributed by atoms with Crippen LogP contribution in [0.15, 0.2) is 53.4 Å². The molecule has 9 heteroatoms. The third kappa shape index (κ3) is 6.42. The average Bonchev–Trinajstić information content (AvgIpc) is 2.66. The Labute approximate surface area is 169 Å². The fourth-order valence-electron chi connectivity index (χ4n) is 2.37. The topological polar surface area (TPSA) is 119 Å². The summed E-state index contributed by atoms with van der Waals surface area (Å²) in [6, 6.07) is 12.5. The van der Waals surface area contributed by atoms with Crippen LogP contribution >= 0.6 is 0 Å². The minimum atomic E-state index is -3.51. The smallest absolute Gasteiger partial charge is 0.339 e. The molecule has 0 heterocycles. The van der Waals surface area contributed by atoms with Crippen molar-refractivity contribution in [1.82, 2.24) is 10.6 Å². The van der Waals surface area contributed by atoms with E-state index in [2.05, 4.69) is 10.6 Å². The van der Waals surface area contributed by atoms with Gasteiger partial charge in [0.2, 0.25) is 0 Å². The molecule has 8 nitrogen and oxygen atoms in total. The number of ether oxygens (including phenoxy) is 1. The van der Waals surface area contributed by atoms with E-state index in [1.54, 1.807) is 6.92 Å². The maximum absolute atomic E-state index is 12.4. The van der Waals surface area contributed by atoms with Crippen LogP contribution in [0.1, 0.15) is 28.4 Å². The van der Waals surface area contributed by atoms with E-state index in [4.69, 9.17) is 4.74 Å². The van der Waals surface area contributed by atoms with Crippen LogP contribution in [-0.4, -0.2) is 38.7 Å². The zero-order valence-electron chi connectivity index (χ0n) is 16.3. The van der Waals surface area contributed by atoms with Gasteiger partial charge in [-0.1, -0.05) is 36.4 Å². The maximum Gasteiger partial charge on any atom is 0.339 e. The molecule has 2 rings (SSSR count). The Hall–Kier alpha value is -3.20. The molecule has 0 aromatic heterocycles. The second-order valence-corrected chi connectivity index (χ2v) is 8.47. The van der Waals surface area contributed by atoms with Crippen molar-refractivity contribution in [2.75, 3.05) is 6.26 Å². The van der Waals surface area contributed by atoms with Gasteiger partial charge in [0.05, 0.1) is 10.5 Å². The number of hydrogen-bond acceptors (Lipinski definition) is 6. The lowest BCUT2D eigenvalue weighted by Gasteiger charge is -2.14. The van der Waals surface area contributed by atoms with Gasteiger partial charge in [-0.25, -0.2) is 18.0 Å². The number of imide groups is 1. The van der Waals surface area contributed by atoms with Gasteiger partial charge < -0.3 is 10.1 Å². The van der Waals surface area contributed by atoms with E-state index in [0.29, 0.717) is 5.56 Å². The highest BCUT2D eigenvalue weighted by Gasteiger charge is 2.22. The molecule has 2 aromatic rings. The summed E-state index contributed by atoms with van der Waals surface area (Å²) < 4.78 is 28.4. The number of urea groups is 1. The highest BCUT2D eigenvalue weighted by atomic mass is 32.2. The molecule has 0 aliphatic rings. The van der Waals surface area contributed by atoms with Gasteiger partial charge in [0.25, 0.3) is 5.91 Å². The van der Waals surface area contributed by atoms with E-state index in [1.807, 2.05) is 30.3 Å². The first-order valence-electron chi connectivity index (χ1n) is 8.72. The van der Waals surface area contributed by atoms with Gasteiger partial charge in [0.15, 0.2) is 15.9 Å². The zero-order valence-corrected chi connectivity index (χ0v) is 17.1. The molecule has 0 bridgehead atoms. The molecule has 0 saturated carbocycles. The number of hydrogen-bond donors (Lipinski definition) is 2. The molecule has 0 saturated heterocycles. The van der Waals surface area contributed by atoms with E-state index < -0.39 is 33.8 Å². The Kier molecular flexibility index (Phi) is 7.11. The normalized spacial score (nSPS) is 12.0. The number of rotatable bonds is 6. The first-order chi connectivity index (χ1) is 13.6. The standard InChI is InChI=1S/C20H22N2O6S/c1-13-9-10-16(29(3,26)27)11-17(13)19(24)28-14(2)18(23)22-20(25)21-12-15-7-5-4-6-8-15/h4-11,14H,12H2,1-3H3,(H2,21,22,23,25)/t14-/m1/s1. The van der Waals surface area contributed by atoms with Crippen molar-refractivity contribution in [2.24, 2.45) is 0 Å². The zero-order chi connectivity index (χ0) is 21.6. The number of carbonyl (C=O) groups excluding carboxylic acids is 3. The van der Waals surface area contributed by atoms with E-state index >= 15 is 0 Å². The monoisotopic (exact) mass is 418 g/mol. The highest BCUT2D eigenvalue weighted by molar-refractivity contribution is 7.90. The molecule has 0 fully saturated rings. The summed E-state index contributed by atoms with van der Waals surface area (Å²) in [7, 11) is -3.51. The third-order valence-electron chi connectivity index (χ3n) is 4.04. The molecule has 3 amide bonds. The minimum Gasteiger partial charge on any atom is -0.449 e. The Morgan fingerprint density at radius 3 is 2.34 bits per heavy atom. The molecule has 2 aromatic carbocycles. The summed E-state index contributed by atoms with van der Waals surface area (Å²) in [5.41, 5.74) is 1.38. The van der Waals surface area contributed by atoms with E-state index in [0.717, 1.165) is 11.8 Å². The Morgan fingerprint density at radius 1 is 1.07 bits per heavy atom. The van der Waals surface area contributed by atoms with Crippen molar-refractivity contribution < 1.29 is 27.5 Å². The molecule has 2 N–H and O–H groups in total. The van der Waals surface area contributed by atoms with Gasteiger partial charge in [-0.2, -0.15) is 0 Å². The first-order valence-corrected chi connectivity index (χ1v) is 10.6. The summed E-state index contributed by atoms with van der Waals surface area (Å²) in [4.78, 5) is 36.3. The Bertz CT molecular complexity index is 1020. The number of sulfone groups is 1. The molecular weight excluding hydrogens is 396 g/mol. The molecule has 154 valence electrons. The lowest BCUT2D eigenvalue weighted by Crippen LogP contribution is -2.44. The van der Waals surface area contributed by atoms with Crippen LogP contribution in [0.5, 0.6) is 0 Å². The van der Waals surface area contributed by atoms with Gasteiger partial charge in [0, 0.05) is 12.8 Å². The van der Waals surface area contributed by atoms with Gasteiger partial charge in [-0.3, -0.25) is 10.1 Å². The van der Waals surface area contributed by atoms with Gasteiger partial charge in [0.1, 0.15) is 0 Å². The molecular formula is C20H22N2O6S. The summed E-state index contributed by atoms with van der Waals surface area (Å²) in [6.45, 7) is 3.16. The van der Waals surface area contributed by atoms with Gasteiger partial charge in [-0.15, -0.1) is 0 Å². The molecule has 0 spiro atoms. The van der Waals surface area contributed by atoms with Crippen molar-refractivity contribution in [3.05, 3.63) is 65.2 Å².